The smallest absolute Gasteiger partial charge is 0.269 e. The van der Waals surface area contributed by atoms with E-state index in [1.165, 1.54) is 0 Å². The Kier molecular flexibility index (Phi) is 4.35. The van der Waals surface area contributed by atoms with E-state index in [1.54, 1.807) is 28.9 Å². The monoisotopic (exact) mass is 387 g/mol. The van der Waals surface area contributed by atoms with Crippen LogP contribution in [0.1, 0.15) is 35.1 Å². The number of benzene rings is 1. The molecule has 3 heterocycles. The minimum absolute atomic E-state index is 0.0479. The molecule has 1 aromatic carbocycles. The Morgan fingerprint density at radius 3 is 2.79 bits per heavy atom. The normalized spacial score (nSPS) is 18.7. The number of pyridine rings is 1. The van der Waals surface area contributed by atoms with Gasteiger partial charge in [-0.2, -0.15) is 5.10 Å². The lowest BCUT2D eigenvalue weighted by Crippen LogP contribution is -2.28. The number of nitrogens with two attached hydrogens (primary N) is 1. The molecule has 3 aromatic rings. The Balaban J connectivity index is 1.77. The minimum Gasteiger partial charge on any atom is -0.364 e. The summed E-state index contributed by atoms with van der Waals surface area (Å²) in [6.07, 6.45) is 2.39. The molecule has 29 heavy (non-hydrogen) atoms. The number of aromatic nitrogens is 3. The number of amides is 2. The molecule has 146 valence electrons. The highest BCUT2D eigenvalue weighted by molar-refractivity contribution is 6.04. The summed E-state index contributed by atoms with van der Waals surface area (Å²) in [4.78, 5) is 30.2. The van der Waals surface area contributed by atoms with E-state index >= 15 is 0 Å². The van der Waals surface area contributed by atoms with E-state index in [4.69, 9.17) is 5.73 Å². The van der Waals surface area contributed by atoms with Gasteiger partial charge in [0.1, 0.15) is 5.41 Å². The topological polar surface area (TPSA) is 94.1 Å². The first-order valence-electron chi connectivity index (χ1n) is 9.33. The zero-order chi connectivity index (χ0) is 20.8. The molecule has 0 spiro atoms. The maximum Gasteiger partial charge on any atom is 0.269 e. The Morgan fingerprint density at radius 1 is 1.31 bits per heavy atom. The van der Waals surface area contributed by atoms with Crippen LogP contribution in [0, 0.1) is 24.2 Å². The Morgan fingerprint density at radius 2 is 2.10 bits per heavy atom. The van der Waals surface area contributed by atoms with Gasteiger partial charge in [-0.15, -0.1) is 0 Å². The Hall–Kier alpha value is -3.66. The lowest BCUT2D eigenvalue weighted by molar-refractivity contribution is -0.131. The number of carbonyl (C=O) groups excluding carboxylic acids is 2. The second kappa shape index (κ2) is 6.74. The highest BCUT2D eigenvalue weighted by Gasteiger charge is 2.39. The number of rotatable bonds is 2. The van der Waals surface area contributed by atoms with E-state index in [2.05, 4.69) is 21.9 Å². The highest BCUT2D eigenvalue weighted by Crippen LogP contribution is 2.30. The average Bonchev–Trinajstić information content (AvgIpc) is 3.20. The lowest BCUT2D eigenvalue weighted by atomic mass is 9.89. The van der Waals surface area contributed by atoms with E-state index in [-0.39, 0.29) is 11.6 Å². The van der Waals surface area contributed by atoms with E-state index in [1.807, 2.05) is 38.1 Å². The van der Waals surface area contributed by atoms with Crippen LogP contribution in [-0.4, -0.2) is 45.1 Å². The molecule has 2 aromatic heterocycles. The third-order valence-corrected chi connectivity index (χ3v) is 5.28. The number of nitrogens with zero attached hydrogens (tertiary/aromatic N) is 4. The van der Waals surface area contributed by atoms with Crippen molar-refractivity contribution in [2.45, 2.75) is 20.3 Å². The Bertz CT molecular complexity index is 1220. The fraction of sp³-hybridized carbons (Fsp3) is 0.273. The zero-order valence-electron chi connectivity index (χ0n) is 16.6. The molecule has 0 bridgehead atoms. The molecule has 1 atom stereocenters. The van der Waals surface area contributed by atoms with Crippen molar-refractivity contribution in [2.24, 2.45) is 11.1 Å². The maximum absolute atomic E-state index is 12.3. The Labute approximate surface area is 168 Å². The van der Waals surface area contributed by atoms with E-state index in [0.29, 0.717) is 23.9 Å². The van der Waals surface area contributed by atoms with Crippen molar-refractivity contribution in [1.29, 1.82) is 0 Å². The van der Waals surface area contributed by atoms with Crippen LogP contribution in [-0.2, 0) is 4.79 Å². The van der Waals surface area contributed by atoms with Crippen molar-refractivity contribution in [3.05, 3.63) is 53.5 Å². The summed E-state index contributed by atoms with van der Waals surface area (Å²) in [5.74, 6) is 5.73. The van der Waals surface area contributed by atoms with Crippen molar-refractivity contribution in [1.82, 2.24) is 19.7 Å². The van der Waals surface area contributed by atoms with E-state index in [0.717, 1.165) is 16.9 Å². The van der Waals surface area contributed by atoms with Gasteiger partial charge in [-0.25, -0.2) is 4.68 Å². The third kappa shape index (κ3) is 3.23. The van der Waals surface area contributed by atoms with Crippen LogP contribution >= 0.6 is 0 Å². The summed E-state index contributed by atoms with van der Waals surface area (Å²) >= 11 is 0. The number of fused-ring (bicyclic) bond motifs is 1. The van der Waals surface area contributed by atoms with Crippen molar-refractivity contribution in [3.63, 3.8) is 0 Å². The molecule has 4 rings (SSSR count). The van der Waals surface area contributed by atoms with Crippen molar-refractivity contribution in [2.75, 3.05) is 13.6 Å². The summed E-state index contributed by atoms with van der Waals surface area (Å²) in [5, 5.41) is 5.07. The van der Waals surface area contributed by atoms with Gasteiger partial charge in [0.25, 0.3) is 5.91 Å². The fourth-order valence-electron chi connectivity index (χ4n) is 3.56. The summed E-state index contributed by atoms with van der Waals surface area (Å²) < 4.78 is 1.64. The average molecular weight is 387 g/mol. The quantitative estimate of drug-likeness (QED) is 0.681. The first kappa shape index (κ1) is 18.7. The van der Waals surface area contributed by atoms with Crippen molar-refractivity contribution < 1.29 is 9.59 Å². The molecule has 0 unspecified atom stereocenters. The van der Waals surface area contributed by atoms with E-state index < -0.39 is 11.3 Å². The first-order valence-corrected chi connectivity index (χ1v) is 9.33. The SMILES string of the molecule is Cc1cc2c(C(N)=O)nn(-c3cccc(C#C[C@]4(C)CCN(C)C4=O)c3)c2cn1. The maximum atomic E-state index is 12.3. The largest absolute Gasteiger partial charge is 0.364 e. The number of likely N-dealkylation sites (tertiary alicyclic amines) is 1. The van der Waals surface area contributed by atoms with Crippen LogP contribution < -0.4 is 5.73 Å². The second-order valence-corrected chi connectivity index (χ2v) is 7.58. The predicted octanol–water partition coefficient (Wildman–Crippen LogP) is 2.05. The predicted molar refractivity (Wildman–Crippen MR) is 109 cm³/mol. The molecular weight excluding hydrogens is 366 g/mol. The van der Waals surface area contributed by atoms with Gasteiger partial charge in [0, 0.05) is 30.2 Å². The molecule has 2 N–H and O–H groups in total. The van der Waals surface area contributed by atoms with Gasteiger partial charge in [-0.05, 0) is 44.5 Å². The molecule has 1 saturated heterocycles. The summed E-state index contributed by atoms with van der Waals surface area (Å²) in [5.41, 5.74) is 8.02. The van der Waals surface area contributed by atoms with Gasteiger partial charge in [0.2, 0.25) is 5.91 Å². The van der Waals surface area contributed by atoms with Gasteiger partial charge < -0.3 is 10.6 Å². The van der Waals surface area contributed by atoms with E-state index in [9.17, 15) is 9.59 Å². The van der Waals surface area contributed by atoms with Crippen molar-refractivity contribution in [3.8, 4) is 17.5 Å². The van der Waals surface area contributed by atoms with Crippen molar-refractivity contribution >= 4 is 22.7 Å². The van der Waals surface area contributed by atoms with Crippen LogP contribution in [0.15, 0.2) is 36.5 Å². The third-order valence-electron chi connectivity index (χ3n) is 5.28. The van der Waals surface area contributed by atoms with Crippen LogP contribution in [0.4, 0.5) is 0 Å². The molecule has 1 fully saturated rings. The van der Waals surface area contributed by atoms with Gasteiger partial charge in [0.05, 0.1) is 17.4 Å². The van der Waals surface area contributed by atoms with Gasteiger partial charge in [0.15, 0.2) is 5.69 Å². The highest BCUT2D eigenvalue weighted by atomic mass is 16.2. The minimum atomic E-state index is -0.663. The molecule has 1 aliphatic rings. The fourth-order valence-corrected chi connectivity index (χ4v) is 3.56. The molecule has 0 radical (unpaired) electrons. The van der Waals surface area contributed by atoms with Crippen LogP contribution in [0.2, 0.25) is 0 Å². The standard InChI is InChI=1S/C22H21N5O2/c1-14-11-17-18(13-24-14)27(25-19(17)20(23)28)16-6-4-5-15(12-16)7-8-22(2)9-10-26(3)21(22)29/h4-6,11-13H,9-10H2,1-3H3,(H2,23,28)/t22-/m1/s1. The second-order valence-electron chi connectivity index (χ2n) is 7.58. The molecule has 0 aliphatic carbocycles. The molecular formula is C22H21N5O2. The number of carbonyl (C=O) groups is 2. The summed E-state index contributed by atoms with van der Waals surface area (Å²) in [7, 11) is 1.80. The summed E-state index contributed by atoms with van der Waals surface area (Å²) in [6, 6.07) is 9.29. The number of hydrogen-bond acceptors (Lipinski definition) is 4. The molecule has 7 nitrogen and oxygen atoms in total. The lowest BCUT2D eigenvalue weighted by Gasteiger charge is -2.14. The number of aryl methyl sites for hydroxylation is 1. The molecule has 7 heteroatoms. The molecule has 0 saturated carbocycles. The van der Waals surface area contributed by atoms with Crippen LogP contribution in [0.25, 0.3) is 16.6 Å². The van der Waals surface area contributed by atoms with Gasteiger partial charge in [-0.1, -0.05) is 17.9 Å². The van der Waals surface area contributed by atoms with Crippen LogP contribution in [0.3, 0.4) is 0 Å². The number of hydrogen-bond donors (Lipinski definition) is 1. The number of primary amides is 1. The first-order chi connectivity index (χ1) is 13.8. The molecule has 1 aliphatic heterocycles. The zero-order valence-corrected chi connectivity index (χ0v) is 16.6. The van der Waals surface area contributed by atoms with Gasteiger partial charge in [-0.3, -0.25) is 14.6 Å². The summed E-state index contributed by atoms with van der Waals surface area (Å²) in [6.45, 7) is 4.44. The van der Waals surface area contributed by atoms with Gasteiger partial charge >= 0.3 is 0 Å². The van der Waals surface area contributed by atoms with Crippen LogP contribution in [0.5, 0.6) is 0 Å². The molecule has 2 amide bonds.